The molecular weight excluding hydrogens is 502 g/mol. The first-order valence-electron chi connectivity index (χ1n) is 14.4. The van der Waals surface area contributed by atoms with Gasteiger partial charge in [0.25, 0.3) is 0 Å². The number of thiophene rings is 1. The van der Waals surface area contributed by atoms with Crippen molar-refractivity contribution in [2.45, 2.75) is 98.1 Å². The van der Waals surface area contributed by atoms with Crippen molar-refractivity contribution in [3.05, 3.63) is 33.0 Å². The molecule has 0 aliphatic heterocycles. The van der Waals surface area contributed by atoms with E-state index < -0.39 is 0 Å². The molecular formula is C31H44ClNO3S. The van der Waals surface area contributed by atoms with Gasteiger partial charge in [0.2, 0.25) is 5.91 Å². The quantitative estimate of drug-likeness (QED) is 0.392. The fourth-order valence-corrected chi connectivity index (χ4v) is 10.5. The summed E-state index contributed by atoms with van der Waals surface area (Å²) in [6, 6.07) is 3.93. The maximum absolute atomic E-state index is 13.3. The van der Waals surface area contributed by atoms with Gasteiger partial charge in [-0.15, -0.1) is 11.3 Å². The third-order valence-corrected chi connectivity index (χ3v) is 12.4. The highest BCUT2D eigenvalue weighted by Crippen LogP contribution is 2.67. The molecule has 4 nitrogen and oxygen atoms in total. The molecule has 1 heterocycles. The van der Waals surface area contributed by atoms with Crippen LogP contribution in [0.3, 0.4) is 0 Å². The molecule has 3 fully saturated rings. The number of halogens is 1. The van der Waals surface area contributed by atoms with Gasteiger partial charge in [-0.1, -0.05) is 51.8 Å². The predicted molar refractivity (Wildman–Crippen MR) is 150 cm³/mol. The molecule has 3 saturated carbocycles. The van der Waals surface area contributed by atoms with Gasteiger partial charge >= 0.3 is 0 Å². The van der Waals surface area contributed by atoms with Crippen LogP contribution in [0, 0.1) is 46.3 Å². The summed E-state index contributed by atoms with van der Waals surface area (Å²) in [5, 5.41) is 14.7. The van der Waals surface area contributed by atoms with Crippen LogP contribution in [0.25, 0.3) is 0 Å². The van der Waals surface area contributed by atoms with Crippen molar-refractivity contribution in [1.82, 2.24) is 5.32 Å². The Hall–Kier alpha value is -1.17. The smallest absolute Gasteiger partial charge is 0.220 e. The number of rotatable bonds is 6. The fraction of sp³-hybridized carbons (Fsp3) is 0.742. The first-order valence-corrected chi connectivity index (χ1v) is 15.6. The van der Waals surface area contributed by atoms with E-state index in [9.17, 15) is 14.7 Å². The Labute approximate surface area is 231 Å². The van der Waals surface area contributed by atoms with Crippen molar-refractivity contribution in [3.8, 4) is 0 Å². The van der Waals surface area contributed by atoms with Crippen molar-refractivity contribution in [1.29, 1.82) is 0 Å². The summed E-state index contributed by atoms with van der Waals surface area (Å²) in [4.78, 5) is 26.5. The summed E-state index contributed by atoms with van der Waals surface area (Å²) in [6.45, 7) is 11.4. The van der Waals surface area contributed by atoms with E-state index in [2.05, 4.69) is 39.9 Å². The zero-order valence-electron chi connectivity index (χ0n) is 23.1. The van der Waals surface area contributed by atoms with Crippen LogP contribution >= 0.6 is 22.9 Å². The van der Waals surface area contributed by atoms with E-state index >= 15 is 0 Å². The van der Waals surface area contributed by atoms with Gasteiger partial charge in [-0.25, -0.2) is 0 Å². The molecule has 204 valence electrons. The highest BCUT2D eigenvalue weighted by Gasteiger charge is 2.61. The molecule has 2 N–H and O–H groups in total. The Morgan fingerprint density at radius 1 is 1.16 bits per heavy atom. The number of nitrogens with one attached hydrogen (secondary N) is 1. The summed E-state index contributed by atoms with van der Waals surface area (Å²) in [5.41, 5.74) is 1.41. The largest absolute Gasteiger partial charge is 0.392 e. The molecule has 1 aromatic heterocycles. The Morgan fingerprint density at radius 2 is 1.92 bits per heavy atom. The van der Waals surface area contributed by atoms with E-state index in [1.54, 1.807) is 11.3 Å². The first-order chi connectivity index (χ1) is 17.4. The van der Waals surface area contributed by atoms with E-state index in [1.807, 2.05) is 18.2 Å². The second kappa shape index (κ2) is 10.1. The molecule has 5 unspecified atom stereocenters. The van der Waals surface area contributed by atoms with E-state index in [0.717, 1.165) is 41.3 Å². The zero-order chi connectivity index (χ0) is 26.7. The highest BCUT2D eigenvalue weighted by molar-refractivity contribution is 7.16. The van der Waals surface area contributed by atoms with Gasteiger partial charge in [-0.3, -0.25) is 9.59 Å². The molecule has 0 aromatic carbocycles. The number of hydrogen-bond acceptors (Lipinski definition) is 4. The molecule has 1 amide bonds. The van der Waals surface area contributed by atoms with Crippen LogP contribution in [0.15, 0.2) is 23.8 Å². The maximum atomic E-state index is 13.3. The standard InChI is InChI=1S/C31H44ClNO3S/c1-17(2)29(25-8-9-26(32)37-25)33-27(36)14-18(3)21-6-7-22-28-23(11-13-31(21,22)5)30(4)12-10-20(34)15-19(30)16-24(28)35/h8-9,15,17-18,21-24,28-29,35H,6-7,10-14,16H2,1-5H3,(H,33,36)/t18-,21?,22+,23+,24-,28?,29?,30?,31?/m1/s1. The average molecular weight is 546 g/mol. The summed E-state index contributed by atoms with van der Waals surface area (Å²) in [7, 11) is 0. The number of carbonyl (C=O) groups is 2. The van der Waals surface area contributed by atoms with Crippen LogP contribution < -0.4 is 5.32 Å². The molecule has 0 spiro atoms. The molecule has 0 radical (unpaired) electrons. The Balaban J connectivity index is 1.29. The molecule has 4 aliphatic carbocycles. The van der Waals surface area contributed by atoms with Crippen molar-refractivity contribution >= 4 is 34.6 Å². The monoisotopic (exact) mass is 545 g/mol. The normalized spacial score (nSPS) is 38.9. The van der Waals surface area contributed by atoms with E-state index in [1.165, 1.54) is 5.57 Å². The number of fused-ring (bicyclic) bond motifs is 5. The second-order valence-electron chi connectivity index (χ2n) is 13.5. The summed E-state index contributed by atoms with van der Waals surface area (Å²) < 4.78 is 0.755. The molecule has 0 saturated heterocycles. The van der Waals surface area contributed by atoms with Crippen LogP contribution in [0.4, 0.5) is 0 Å². The Kier molecular flexibility index (Phi) is 7.48. The van der Waals surface area contributed by atoms with Crippen molar-refractivity contribution < 1.29 is 14.7 Å². The van der Waals surface area contributed by atoms with Crippen LogP contribution in [0.5, 0.6) is 0 Å². The lowest BCUT2D eigenvalue weighted by Gasteiger charge is -2.59. The predicted octanol–water partition coefficient (Wildman–Crippen LogP) is 7.36. The third kappa shape index (κ3) is 4.76. The minimum Gasteiger partial charge on any atom is -0.392 e. The molecule has 4 aliphatic rings. The molecule has 6 heteroatoms. The van der Waals surface area contributed by atoms with Gasteiger partial charge in [0.05, 0.1) is 16.5 Å². The summed E-state index contributed by atoms with van der Waals surface area (Å²) >= 11 is 7.73. The van der Waals surface area contributed by atoms with Crippen LogP contribution in [0.1, 0.15) is 96.9 Å². The zero-order valence-corrected chi connectivity index (χ0v) is 24.6. The third-order valence-electron chi connectivity index (χ3n) is 11.1. The number of aliphatic hydroxyl groups is 1. The van der Waals surface area contributed by atoms with Crippen molar-refractivity contribution in [2.24, 2.45) is 46.3 Å². The van der Waals surface area contributed by atoms with E-state index in [4.69, 9.17) is 11.6 Å². The first kappa shape index (κ1) is 27.4. The summed E-state index contributed by atoms with van der Waals surface area (Å²) in [6.07, 6.45) is 8.82. The number of carbonyl (C=O) groups excluding carboxylic acids is 2. The van der Waals surface area contributed by atoms with E-state index in [-0.39, 0.29) is 34.7 Å². The minimum absolute atomic E-state index is 0.0118. The molecule has 5 rings (SSSR count). The van der Waals surface area contributed by atoms with Gasteiger partial charge in [-0.2, -0.15) is 0 Å². The fourth-order valence-electron chi connectivity index (χ4n) is 9.23. The van der Waals surface area contributed by atoms with E-state index in [0.29, 0.717) is 54.8 Å². The van der Waals surface area contributed by atoms with Gasteiger partial charge in [0, 0.05) is 17.7 Å². The molecule has 37 heavy (non-hydrogen) atoms. The minimum atomic E-state index is -0.360. The summed E-state index contributed by atoms with van der Waals surface area (Å²) in [5.74, 6) is 2.68. The van der Waals surface area contributed by atoms with Gasteiger partial charge in [0.15, 0.2) is 5.78 Å². The van der Waals surface area contributed by atoms with Crippen molar-refractivity contribution in [3.63, 3.8) is 0 Å². The lowest BCUT2D eigenvalue weighted by molar-refractivity contribution is -0.128. The number of ketones is 1. The van der Waals surface area contributed by atoms with Gasteiger partial charge < -0.3 is 10.4 Å². The average Bonchev–Trinajstić information content (AvgIpc) is 3.41. The lowest BCUT2D eigenvalue weighted by atomic mass is 9.45. The topological polar surface area (TPSA) is 66.4 Å². The number of amides is 1. The van der Waals surface area contributed by atoms with Crippen LogP contribution in [0.2, 0.25) is 4.34 Å². The lowest BCUT2D eigenvalue weighted by Crippen LogP contribution is -2.55. The van der Waals surface area contributed by atoms with Crippen LogP contribution in [-0.4, -0.2) is 22.9 Å². The second-order valence-corrected chi connectivity index (χ2v) is 15.2. The maximum Gasteiger partial charge on any atom is 0.220 e. The number of aliphatic hydroxyl groups excluding tert-OH is 1. The molecule has 9 atom stereocenters. The molecule has 1 aromatic rings. The Bertz CT molecular complexity index is 1080. The van der Waals surface area contributed by atoms with Gasteiger partial charge in [0.1, 0.15) is 0 Å². The highest BCUT2D eigenvalue weighted by atomic mass is 35.5. The molecule has 0 bridgehead atoms. The SMILES string of the molecule is CC(C)C(NC(=O)C[C@@H](C)C1CC[C@H]2C3[C@H](O)CC4=CC(=O)CCC4(C)[C@H]3CCC12C)c1ccc(Cl)s1. The Morgan fingerprint density at radius 3 is 2.59 bits per heavy atom. The number of hydrogen-bond donors (Lipinski definition) is 2. The van der Waals surface area contributed by atoms with Crippen molar-refractivity contribution in [2.75, 3.05) is 0 Å². The van der Waals surface area contributed by atoms with Gasteiger partial charge in [-0.05, 0) is 103 Å². The van der Waals surface area contributed by atoms with Crippen LogP contribution in [-0.2, 0) is 9.59 Å².